The molecule has 0 bridgehead atoms. The summed E-state index contributed by atoms with van der Waals surface area (Å²) >= 11 is 0. The summed E-state index contributed by atoms with van der Waals surface area (Å²) in [5.74, 6) is -0.0907. The molecule has 0 aliphatic carbocycles. The van der Waals surface area contributed by atoms with E-state index in [4.69, 9.17) is 0 Å². The molecule has 2 heterocycles. The number of carbonyl (C=O) groups excluding carboxylic acids is 1. The first-order valence-corrected chi connectivity index (χ1v) is 7.15. The third-order valence-electron chi connectivity index (χ3n) is 4.13. The fourth-order valence-electron chi connectivity index (χ4n) is 2.87. The second-order valence-corrected chi connectivity index (χ2v) is 5.68. The van der Waals surface area contributed by atoms with E-state index in [0.29, 0.717) is 30.6 Å². The average Bonchev–Trinajstić information content (AvgIpc) is 2.48. The van der Waals surface area contributed by atoms with Gasteiger partial charge < -0.3 is 15.0 Å². The Bertz CT molecular complexity index is 738. The molecule has 2 N–H and O–H groups in total. The van der Waals surface area contributed by atoms with Crippen LogP contribution in [0.5, 0.6) is 0 Å². The molecular formula is C16H18N2O3. The van der Waals surface area contributed by atoms with Crippen molar-refractivity contribution in [3.05, 3.63) is 46.2 Å². The monoisotopic (exact) mass is 286 g/mol. The number of aromatic nitrogens is 1. The Labute approximate surface area is 122 Å². The quantitative estimate of drug-likeness (QED) is 0.831. The Morgan fingerprint density at radius 1 is 1.38 bits per heavy atom. The second kappa shape index (κ2) is 5.33. The highest BCUT2D eigenvalue weighted by molar-refractivity contribution is 6.05. The first-order chi connectivity index (χ1) is 10.1. The summed E-state index contributed by atoms with van der Waals surface area (Å²) < 4.78 is 0. The van der Waals surface area contributed by atoms with Crippen LogP contribution < -0.4 is 5.56 Å². The molecule has 0 radical (unpaired) electrons. The Morgan fingerprint density at radius 2 is 2.14 bits per heavy atom. The van der Waals surface area contributed by atoms with Gasteiger partial charge in [-0.2, -0.15) is 0 Å². The van der Waals surface area contributed by atoms with Gasteiger partial charge in [0.1, 0.15) is 0 Å². The number of rotatable bonds is 1. The highest BCUT2D eigenvalue weighted by Crippen LogP contribution is 2.21. The summed E-state index contributed by atoms with van der Waals surface area (Å²) in [5, 5.41) is 10.5. The zero-order valence-corrected chi connectivity index (χ0v) is 11.9. The SMILES string of the molecule is CC1CN(C(=O)c2cc(=O)[nH]c3ccccc23)CCC1O. The van der Waals surface area contributed by atoms with Crippen LogP contribution in [0.3, 0.4) is 0 Å². The standard InChI is InChI=1S/C16H18N2O3/c1-10-9-18(7-6-14(10)19)16(21)12-8-15(20)17-13-5-3-2-4-11(12)13/h2-5,8,10,14,19H,6-7,9H2,1H3,(H,17,20). The van der Waals surface area contributed by atoms with E-state index in [1.165, 1.54) is 6.07 Å². The van der Waals surface area contributed by atoms with Gasteiger partial charge in [-0.3, -0.25) is 9.59 Å². The number of amides is 1. The van der Waals surface area contributed by atoms with Crippen molar-refractivity contribution in [3.8, 4) is 0 Å². The largest absolute Gasteiger partial charge is 0.393 e. The molecule has 1 amide bonds. The molecule has 2 unspecified atom stereocenters. The number of hydrogen-bond donors (Lipinski definition) is 2. The van der Waals surface area contributed by atoms with Crippen LogP contribution in [0.4, 0.5) is 0 Å². The molecule has 1 aliphatic heterocycles. The van der Waals surface area contributed by atoms with Gasteiger partial charge in [0.05, 0.1) is 11.7 Å². The van der Waals surface area contributed by atoms with Crippen molar-refractivity contribution in [2.24, 2.45) is 5.92 Å². The highest BCUT2D eigenvalue weighted by atomic mass is 16.3. The molecule has 2 aromatic rings. The van der Waals surface area contributed by atoms with E-state index in [9.17, 15) is 14.7 Å². The minimum absolute atomic E-state index is 0.0518. The fourth-order valence-corrected chi connectivity index (χ4v) is 2.87. The van der Waals surface area contributed by atoms with Crippen molar-refractivity contribution in [2.45, 2.75) is 19.4 Å². The number of pyridine rings is 1. The summed E-state index contributed by atoms with van der Waals surface area (Å²) in [5.41, 5.74) is 0.818. The van der Waals surface area contributed by atoms with E-state index >= 15 is 0 Å². The van der Waals surface area contributed by atoms with Crippen LogP contribution in [0.2, 0.25) is 0 Å². The molecule has 1 fully saturated rings. The maximum absolute atomic E-state index is 12.7. The van der Waals surface area contributed by atoms with Gasteiger partial charge in [-0.15, -0.1) is 0 Å². The van der Waals surface area contributed by atoms with Gasteiger partial charge in [0.15, 0.2) is 0 Å². The van der Waals surface area contributed by atoms with Gasteiger partial charge in [-0.25, -0.2) is 0 Å². The number of fused-ring (bicyclic) bond motifs is 1. The normalized spacial score (nSPS) is 22.5. The zero-order chi connectivity index (χ0) is 15.0. The third kappa shape index (κ3) is 2.56. The van der Waals surface area contributed by atoms with Crippen LogP contribution in [0.1, 0.15) is 23.7 Å². The first kappa shape index (κ1) is 13.8. The molecule has 5 nitrogen and oxygen atoms in total. The number of H-pyrrole nitrogens is 1. The lowest BCUT2D eigenvalue weighted by Gasteiger charge is -2.34. The lowest BCUT2D eigenvalue weighted by molar-refractivity contribution is 0.0298. The van der Waals surface area contributed by atoms with Gasteiger partial charge in [-0.1, -0.05) is 25.1 Å². The maximum Gasteiger partial charge on any atom is 0.254 e. The Kier molecular flexibility index (Phi) is 3.51. The summed E-state index contributed by atoms with van der Waals surface area (Å²) in [4.78, 5) is 28.9. The van der Waals surface area contributed by atoms with Crippen molar-refractivity contribution in [1.82, 2.24) is 9.88 Å². The number of carbonyl (C=O) groups is 1. The molecular weight excluding hydrogens is 268 g/mol. The Morgan fingerprint density at radius 3 is 2.90 bits per heavy atom. The van der Waals surface area contributed by atoms with Crippen molar-refractivity contribution >= 4 is 16.8 Å². The molecule has 1 saturated heterocycles. The number of aliphatic hydroxyl groups is 1. The van der Waals surface area contributed by atoms with E-state index in [1.54, 1.807) is 11.0 Å². The van der Waals surface area contributed by atoms with Crippen molar-refractivity contribution in [2.75, 3.05) is 13.1 Å². The topological polar surface area (TPSA) is 73.4 Å². The van der Waals surface area contributed by atoms with Crippen LogP contribution in [0.25, 0.3) is 10.9 Å². The number of aliphatic hydroxyl groups excluding tert-OH is 1. The van der Waals surface area contributed by atoms with Gasteiger partial charge in [0, 0.05) is 30.1 Å². The molecule has 2 atom stereocenters. The number of piperidine rings is 1. The molecule has 1 aromatic heterocycles. The summed E-state index contributed by atoms with van der Waals surface area (Å²) in [6.45, 7) is 2.96. The third-order valence-corrected chi connectivity index (χ3v) is 4.13. The lowest BCUT2D eigenvalue weighted by Crippen LogP contribution is -2.45. The Balaban J connectivity index is 2.00. The molecule has 110 valence electrons. The minimum Gasteiger partial charge on any atom is -0.393 e. The summed E-state index contributed by atoms with van der Waals surface area (Å²) in [6, 6.07) is 8.66. The predicted octanol–water partition coefficient (Wildman–Crippen LogP) is 1.37. The van der Waals surface area contributed by atoms with E-state index in [2.05, 4.69) is 4.98 Å². The molecule has 1 aliphatic rings. The van der Waals surface area contributed by atoms with E-state index in [-0.39, 0.29) is 23.5 Å². The highest BCUT2D eigenvalue weighted by Gasteiger charge is 2.28. The molecule has 0 saturated carbocycles. The predicted molar refractivity (Wildman–Crippen MR) is 80.3 cm³/mol. The number of benzene rings is 1. The lowest BCUT2D eigenvalue weighted by atomic mass is 9.96. The van der Waals surface area contributed by atoms with Gasteiger partial charge in [-0.05, 0) is 18.4 Å². The van der Waals surface area contributed by atoms with Crippen molar-refractivity contribution < 1.29 is 9.90 Å². The Hall–Kier alpha value is -2.14. The average molecular weight is 286 g/mol. The number of nitrogens with zero attached hydrogens (tertiary/aromatic N) is 1. The van der Waals surface area contributed by atoms with Crippen LogP contribution in [0.15, 0.2) is 35.1 Å². The summed E-state index contributed by atoms with van der Waals surface area (Å²) in [6.07, 6.45) is 0.221. The van der Waals surface area contributed by atoms with Crippen LogP contribution in [-0.2, 0) is 0 Å². The van der Waals surface area contributed by atoms with E-state index in [1.807, 2.05) is 25.1 Å². The van der Waals surface area contributed by atoms with Crippen LogP contribution >= 0.6 is 0 Å². The molecule has 1 aromatic carbocycles. The van der Waals surface area contributed by atoms with Crippen LogP contribution in [-0.4, -0.2) is 40.1 Å². The van der Waals surface area contributed by atoms with E-state index in [0.717, 1.165) is 5.39 Å². The van der Waals surface area contributed by atoms with Gasteiger partial charge >= 0.3 is 0 Å². The zero-order valence-electron chi connectivity index (χ0n) is 11.9. The number of aromatic amines is 1. The summed E-state index contributed by atoms with van der Waals surface area (Å²) in [7, 11) is 0. The maximum atomic E-state index is 12.7. The second-order valence-electron chi connectivity index (χ2n) is 5.68. The van der Waals surface area contributed by atoms with Crippen molar-refractivity contribution in [3.63, 3.8) is 0 Å². The number of hydrogen-bond acceptors (Lipinski definition) is 3. The first-order valence-electron chi connectivity index (χ1n) is 7.15. The van der Waals surface area contributed by atoms with Gasteiger partial charge in [0.2, 0.25) is 5.56 Å². The van der Waals surface area contributed by atoms with Gasteiger partial charge in [0.25, 0.3) is 5.91 Å². The molecule has 0 spiro atoms. The number of nitrogens with one attached hydrogen (secondary N) is 1. The fraction of sp³-hybridized carbons (Fsp3) is 0.375. The van der Waals surface area contributed by atoms with E-state index < -0.39 is 0 Å². The smallest absolute Gasteiger partial charge is 0.254 e. The number of likely N-dealkylation sites (tertiary alicyclic amines) is 1. The molecule has 3 rings (SSSR count). The van der Waals surface area contributed by atoms with Crippen LogP contribution in [0, 0.1) is 5.92 Å². The minimum atomic E-state index is -0.357. The number of para-hydroxylation sites is 1. The van der Waals surface area contributed by atoms with Crippen molar-refractivity contribution in [1.29, 1.82) is 0 Å². The molecule has 21 heavy (non-hydrogen) atoms. The molecule has 5 heteroatoms.